The molecule has 5 nitrogen and oxygen atoms in total. The van der Waals surface area contributed by atoms with Crippen LogP contribution in [-0.2, 0) is 23.8 Å². The third-order valence-corrected chi connectivity index (χ3v) is 3.65. The molecule has 0 radical (unpaired) electrons. The maximum absolute atomic E-state index is 11.1. The van der Waals surface area contributed by atoms with Crippen LogP contribution in [0.3, 0.4) is 0 Å². The van der Waals surface area contributed by atoms with Crippen LogP contribution in [0, 0.1) is 5.92 Å². The zero-order valence-corrected chi connectivity index (χ0v) is 11.0. The highest BCUT2D eigenvalue weighted by atomic mass is 16.6. The number of rotatable bonds is 2. The Bertz CT molecular complexity index is 338. The number of esters is 2. The van der Waals surface area contributed by atoms with E-state index < -0.39 is 0 Å². The lowest BCUT2D eigenvalue weighted by molar-refractivity contribution is -0.220. The summed E-state index contributed by atoms with van der Waals surface area (Å²) in [5, 5.41) is 0. The van der Waals surface area contributed by atoms with Gasteiger partial charge < -0.3 is 14.2 Å². The molecule has 0 N–H and O–H groups in total. The molecular formula is C13H20O5. The van der Waals surface area contributed by atoms with E-state index in [2.05, 4.69) is 0 Å². The second kappa shape index (κ2) is 5.26. The molecule has 0 aromatic carbocycles. The van der Waals surface area contributed by atoms with Gasteiger partial charge in [-0.1, -0.05) is 6.92 Å². The van der Waals surface area contributed by atoms with Gasteiger partial charge in [-0.05, 0) is 25.2 Å². The van der Waals surface area contributed by atoms with E-state index in [-0.39, 0.29) is 42.3 Å². The van der Waals surface area contributed by atoms with Gasteiger partial charge in [-0.25, -0.2) is 0 Å². The largest absolute Gasteiger partial charge is 0.460 e. The first-order valence-corrected chi connectivity index (χ1v) is 6.47. The summed E-state index contributed by atoms with van der Waals surface area (Å²) in [6.45, 7) is 4.88. The lowest BCUT2D eigenvalue weighted by atomic mass is 9.81. The molecule has 2 saturated heterocycles. The Morgan fingerprint density at radius 2 is 1.72 bits per heavy atom. The predicted molar refractivity (Wildman–Crippen MR) is 62.8 cm³/mol. The molecular weight excluding hydrogens is 236 g/mol. The van der Waals surface area contributed by atoms with Gasteiger partial charge in [0.15, 0.2) is 0 Å². The fourth-order valence-electron chi connectivity index (χ4n) is 2.94. The van der Waals surface area contributed by atoms with Crippen LogP contribution in [-0.4, -0.2) is 36.4 Å². The predicted octanol–water partition coefficient (Wildman–Crippen LogP) is 1.44. The molecule has 2 rings (SSSR count). The Kier molecular flexibility index (Phi) is 3.90. The number of hydrogen-bond acceptors (Lipinski definition) is 5. The number of fused-ring (bicyclic) bond motifs is 2. The van der Waals surface area contributed by atoms with E-state index in [0.717, 1.165) is 19.3 Å². The van der Waals surface area contributed by atoms with Gasteiger partial charge >= 0.3 is 11.9 Å². The van der Waals surface area contributed by atoms with Crippen LogP contribution in [0.15, 0.2) is 0 Å². The number of carbonyl (C=O) groups is 2. The summed E-state index contributed by atoms with van der Waals surface area (Å²) >= 11 is 0. The quantitative estimate of drug-likeness (QED) is 0.699. The molecule has 5 unspecified atom stereocenters. The molecule has 0 aromatic heterocycles. The molecule has 2 bridgehead atoms. The molecule has 0 amide bonds. The molecule has 2 aliphatic heterocycles. The Labute approximate surface area is 107 Å². The molecule has 2 aliphatic rings. The highest BCUT2D eigenvalue weighted by Gasteiger charge is 2.45. The summed E-state index contributed by atoms with van der Waals surface area (Å²) in [4.78, 5) is 22.1. The maximum atomic E-state index is 11.1. The second-order valence-corrected chi connectivity index (χ2v) is 5.23. The first kappa shape index (κ1) is 13.3. The molecule has 0 saturated carbocycles. The van der Waals surface area contributed by atoms with Gasteiger partial charge in [0, 0.05) is 13.8 Å². The minimum absolute atomic E-state index is 0.0607. The molecule has 18 heavy (non-hydrogen) atoms. The highest BCUT2D eigenvalue weighted by Crippen LogP contribution is 2.37. The Balaban J connectivity index is 2.00. The van der Waals surface area contributed by atoms with Crippen molar-refractivity contribution in [2.24, 2.45) is 5.92 Å². The average Bonchev–Trinajstić information content (AvgIpc) is 2.26. The van der Waals surface area contributed by atoms with Crippen LogP contribution in [0.1, 0.15) is 40.0 Å². The molecule has 102 valence electrons. The number of hydrogen-bond donors (Lipinski definition) is 0. The van der Waals surface area contributed by atoms with Crippen molar-refractivity contribution in [1.29, 1.82) is 0 Å². The van der Waals surface area contributed by atoms with Crippen LogP contribution in [0.4, 0.5) is 0 Å². The van der Waals surface area contributed by atoms with Gasteiger partial charge in [-0.2, -0.15) is 0 Å². The van der Waals surface area contributed by atoms with E-state index >= 15 is 0 Å². The van der Waals surface area contributed by atoms with Gasteiger partial charge in [0.2, 0.25) is 0 Å². The zero-order valence-electron chi connectivity index (χ0n) is 11.0. The van der Waals surface area contributed by atoms with Crippen LogP contribution in [0.2, 0.25) is 0 Å². The zero-order chi connectivity index (χ0) is 13.3. The fraction of sp³-hybridized carbons (Fsp3) is 0.846. The van der Waals surface area contributed by atoms with E-state index in [1.54, 1.807) is 0 Å². The Morgan fingerprint density at radius 1 is 1.06 bits per heavy atom. The number of ether oxygens (including phenoxy) is 3. The van der Waals surface area contributed by atoms with Crippen molar-refractivity contribution < 1.29 is 23.8 Å². The fourth-order valence-corrected chi connectivity index (χ4v) is 2.94. The summed E-state index contributed by atoms with van der Waals surface area (Å²) in [6, 6.07) is 0. The molecule has 0 aromatic rings. The third-order valence-electron chi connectivity index (χ3n) is 3.65. The molecule has 5 heteroatoms. The van der Waals surface area contributed by atoms with E-state index in [1.165, 1.54) is 13.8 Å². The van der Waals surface area contributed by atoms with Gasteiger partial charge in [-0.3, -0.25) is 9.59 Å². The van der Waals surface area contributed by atoms with Crippen LogP contribution in [0.5, 0.6) is 0 Å². The Morgan fingerprint density at radius 3 is 2.33 bits per heavy atom. The van der Waals surface area contributed by atoms with E-state index in [1.807, 2.05) is 6.92 Å². The monoisotopic (exact) mass is 256 g/mol. The van der Waals surface area contributed by atoms with Crippen molar-refractivity contribution in [3.05, 3.63) is 0 Å². The van der Waals surface area contributed by atoms with Crippen molar-refractivity contribution in [3.63, 3.8) is 0 Å². The summed E-state index contributed by atoms with van der Waals surface area (Å²) < 4.78 is 16.5. The third kappa shape index (κ3) is 2.83. The smallest absolute Gasteiger partial charge is 0.303 e. The summed E-state index contributed by atoms with van der Waals surface area (Å²) in [6.07, 6.45) is 1.85. The summed E-state index contributed by atoms with van der Waals surface area (Å²) in [5.41, 5.74) is 0. The molecule has 0 spiro atoms. The minimum atomic E-state index is -0.268. The van der Waals surface area contributed by atoms with Crippen molar-refractivity contribution in [2.75, 3.05) is 0 Å². The van der Waals surface area contributed by atoms with Crippen LogP contribution in [0.25, 0.3) is 0 Å². The highest BCUT2D eigenvalue weighted by molar-refractivity contribution is 5.66. The molecule has 2 heterocycles. The Hall–Kier alpha value is -1.10. The van der Waals surface area contributed by atoms with Gasteiger partial charge in [0.25, 0.3) is 0 Å². The number of carbonyl (C=O) groups excluding carboxylic acids is 2. The van der Waals surface area contributed by atoms with Gasteiger partial charge in [0.05, 0.1) is 12.2 Å². The maximum Gasteiger partial charge on any atom is 0.303 e. The SMILES string of the molecule is CC(=O)OC1CCC2OC1CC(C)C2OC(C)=O. The van der Waals surface area contributed by atoms with E-state index in [9.17, 15) is 9.59 Å². The van der Waals surface area contributed by atoms with E-state index in [0.29, 0.717) is 0 Å². The van der Waals surface area contributed by atoms with Crippen LogP contribution >= 0.6 is 0 Å². The van der Waals surface area contributed by atoms with Gasteiger partial charge in [0.1, 0.15) is 12.2 Å². The topological polar surface area (TPSA) is 61.8 Å². The standard InChI is InChI=1S/C13H20O5/c1-7-6-12-10(16-8(2)14)4-5-11(18-12)13(7)17-9(3)15/h7,10-13H,4-6H2,1-3H3. The normalized spacial score (nSPS) is 38.9. The average molecular weight is 256 g/mol. The van der Waals surface area contributed by atoms with Crippen molar-refractivity contribution in [2.45, 2.75) is 64.4 Å². The first-order valence-electron chi connectivity index (χ1n) is 6.47. The molecule has 5 atom stereocenters. The van der Waals surface area contributed by atoms with Crippen molar-refractivity contribution in [3.8, 4) is 0 Å². The van der Waals surface area contributed by atoms with Gasteiger partial charge in [-0.15, -0.1) is 0 Å². The van der Waals surface area contributed by atoms with Crippen molar-refractivity contribution >= 4 is 11.9 Å². The molecule has 0 aliphatic carbocycles. The summed E-state index contributed by atoms with van der Waals surface area (Å²) in [7, 11) is 0. The lowest BCUT2D eigenvalue weighted by Crippen LogP contribution is -2.54. The molecule has 2 fully saturated rings. The second-order valence-electron chi connectivity index (χ2n) is 5.23. The first-order chi connectivity index (χ1) is 8.47. The summed E-state index contributed by atoms with van der Waals surface area (Å²) in [5.74, 6) is -0.302. The van der Waals surface area contributed by atoms with E-state index in [4.69, 9.17) is 14.2 Å². The lowest BCUT2D eigenvalue weighted by Gasteiger charge is -2.46. The van der Waals surface area contributed by atoms with Crippen molar-refractivity contribution in [1.82, 2.24) is 0 Å². The minimum Gasteiger partial charge on any atom is -0.460 e. The van der Waals surface area contributed by atoms with Crippen LogP contribution < -0.4 is 0 Å².